The number of carbonyl (C=O) groups is 2. The fourth-order valence-corrected chi connectivity index (χ4v) is 4.07. The lowest BCUT2D eigenvalue weighted by atomic mass is 9.80. The van der Waals surface area contributed by atoms with Gasteiger partial charge in [-0.2, -0.15) is 24.9 Å². The maximum atomic E-state index is 13.4. The van der Waals surface area contributed by atoms with Crippen LogP contribution in [-0.2, 0) is 25.2 Å². The first kappa shape index (κ1) is 24.8. The van der Waals surface area contributed by atoms with Gasteiger partial charge in [0.2, 0.25) is 0 Å². The van der Waals surface area contributed by atoms with Gasteiger partial charge in [0.15, 0.2) is 0 Å². The van der Waals surface area contributed by atoms with E-state index in [0.29, 0.717) is 29.4 Å². The van der Waals surface area contributed by atoms with E-state index in [9.17, 15) is 22.8 Å². The summed E-state index contributed by atoms with van der Waals surface area (Å²) in [6.07, 6.45) is -4.58. The van der Waals surface area contributed by atoms with Gasteiger partial charge in [-0.15, -0.1) is 0 Å². The third-order valence-corrected chi connectivity index (χ3v) is 5.62. The van der Waals surface area contributed by atoms with Crippen LogP contribution in [0.2, 0.25) is 0 Å². The van der Waals surface area contributed by atoms with E-state index >= 15 is 0 Å². The molecule has 2 rings (SSSR count). The summed E-state index contributed by atoms with van der Waals surface area (Å²) in [5.41, 5.74) is 5.79. The average Bonchev–Trinajstić information content (AvgIpc) is 2.72. The molecule has 10 heteroatoms. The van der Waals surface area contributed by atoms with Crippen LogP contribution >= 0.6 is 11.8 Å². The van der Waals surface area contributed by atoms with Crippen LogP contribution in [0.25, 0.3) is 0 Å². The first-order valence-electron chi connectivity index (χ1n) is 9.56. The number of nitrogens with one attached hydrogen (secondary N) is 1. The highest BCUT2D eigenvalue weighted by molar-refractivity contribution is 7.99. The van der Waals surface area contributed by atoms with Crippen molar-refractivity contribution < 1.29 is 32.2 Å². The minimum absolute atomic E-state index is 0.0532. The smallest absolute Gasteiger partial charge is 0.416 e. The lowest BCUT2D eigenvalue weighted by Crippen LogP contribution is -2.34. The highest BCUT2D eigenvalue weighted by Crippen LogP contribution is 2.41. The molecule has 0 bridgehead atoms. The molecule has 31 heavy (non-hydrogen) atoms. The van der Waals surface area contributed by atoms with Gasteiger partial charge in [0.25, 0.3) is 0 Å². The van der Waals surface area contributed by atoms with E-state index in [1.54, 1.807) is 13.8 Å². The first-order chi connectivity index (χ1) is 14.6. The zero-order chi connectivity index (χ0) is 23.2. The molecule has 0 radical (unpaired) electrons. The SMILES string of the molecule is CCOC(=O)C1=C(CSCCN)NC(C)=C(C(=O)OC)C1c1cccc(C(F)(F)F)c1. The zero-order valence-corrected chi connectivity index (χ0v) is 18.3. The van der Waals surface area contributed by atoms with Crippen LogP contribution in [-0.4, -0.2) is 43.7 Å². The average molecular weight is 459 g/mol. The molecule has 1 atom stereocenters. The van der Waals surface area contributed by atoms with Gasteiger partial charge in [0.05, 0.1) is 36.3 Å². The maximum Gasteiger partial charge on any atom is 0.416 e. The number of ether oxygens (including phenoxy) is 2. The molecule has 1 unspecified atom stereocenters. The summed E-state index contributed by atoms with van der Waals surface area (Å²) in [6.45, 7) is 3.73. The second kappa shape index (κ2) is 10.7. The van der Waals surface area contributed by atoms with Crippen molar-refractivity contribution in [2.24, 2.45) is 5.73 Å². The first-order valence-corrected chi connectivity index (χ1v) is 10.7. The van der Waals surface area contributed by atoms with Crippen LogP contribution in [0.5, 0.6) is 0 Å². The summed E-state index contributed by atoms with van der Waals surface area (Å²) in [6, 6.07) is 4.57. The van der Waals surface area contributed by atoms with Gasteiger partial charge in [-0.25, -0.2) is 9.59 Å². The molecular weight excluding hydrogens is 433 g/mol. The number of methoxy groups -OCH3 is 1. The Hall–Kier alpha value is -2.46. The zero-order valence-electron chi connectivity index (χ0n) is 17.5. The number of carbonyl (C=O) groups excluding carboxylic acids is 2. The number of hydrogen-bond acceptors (Lipinski definition) is 7. The minimum Gasteiger partial charge on any atom is -0.466 e. The van der Waals surface area contributed by atoms with Crippen LogP contribution in [0, 0.1) is 0 Å². The molecule has 0 fully saturated rings. The monoisotopic (exact) mass is 458 g/mol. The van der Waals surface area contributed by atoms with Gasteiger partial charge in [-0.1, -0.05) is 18.2 Å². The molecule has 1 aliphatic rings. The van der Waals surface area contributed by atoms with Gasteiger partial charge in [0.1, 0.15) is 0 Å². The summed E-state index contributed by atoms with van der Waals surface area (Å²) < 4.78 is 50.1. The molecule has 0 saturated heterocycles. The van der Waals surface area contributed by atoms with Crippen LogP contribution in [0.4, 0.5) is 13.2 Å². The molecule has 0 amide bonds. The number of benzene rings is 1. The molecule has 0 aliphatic carbocycles. The Kier molecular flexibility index (Phi) is 8.58. The number of esters is 2. The van der Waals surface area contributed by atoms with Gasteiger partial charge in [-0.3, -0.25) is 0 Å². The van der Waals surface area contributed by atoms with Crippen molar-refractivity contribution in [3.8, 4) is 0 Å². The Morgan fingerprint density at radius 1 is 1.23 bits per heavy atom. The Balaban J connectivity index is 2.72. The Morgan fingerprint density at radius 2 is 1.94 bits per heavy atom. The Labute approximate surface area is 183 Å². The van der Waals surface area contributed by atoms with E-state index in [1.807, 2.05) is 0 Å². The molecule has 0 aromatic heterocycles. The second-order valence-electron chi connectivity index (χ2n) is 6.67. The number of dihydropyridines is 1. The molecule has 1 aromatic carbocycles. The van der Waals surface area contributed by atoms with E-state index in [4.69, 9.17) is 15.2 Å². The third-order valence-electron chi connectivity index (χ3n) is 4.60. The molecule has 3 N–H and O–H groups in total. The standard InChI is InChI=1S/C21H25F3N2O4S/c1-4-30-20(28)18-15(11-31-9-8-25)26-12(2)16(19(27)29-3)17(18)13-6-5-7-14(10-13)21(22,23)24/h5-7,10,17,26H,4,8-9,11,25H2,1-3H3. The normalized spacial score (nSPS) is 16.8. The number of hydrogen-bond donors (Lipinski definition) is 2. The number of allylic oxidation sites excluding steroid dienone is 1. The number of alkyl halides is 3. The Bertz CT molecular complexity index is 897. The van der Waals surface area contributed by atoms with E-state index in [0.717, 1.165) is 12.1 Å². The van der Waals surface area contributed by atoms with Crippen LogP contribution < -0.4 is 11.1 Å². The van der Waals surface area contributed by atoms with Crippen molar-refractivity contribution in [3.05, 3.63) is 57.9 Å². The molecule has 6 nitrogen and oxygen atoms in total. The van der Waals surface area contributed by atoms with Gasteiger partial charge >= 0.3 is 18.1 Å². The maximum absolute atomic E-state index is 13.4. The molecule has 1 aliphatic heterocycles. The Morgan fingerprint density at radius 3 is 2.52 bits per heavy atom. The number of rotatable bonds is 8. The van der Waals surface area contributed by atoms with Crippen LogP contribution in [0.3, 0.4) is 0 Å². The highest BCUT2D eigenvalue weighted by Gasteiger charge is 2.40. The van der Waals surface area contributed by atoms with Crippen molar-refractivity contribution in [3.63, 3.8) is 0 Å². The largest absolute Gasteiger partial charge is 0.466 e. The van der Waals surface area contributed by atoms with Crippen LogP contribution in [0.1, 0.15) is 30.9 Å². The van der Waals surface area contributed by atoms with Crippen molar-refractivity contribution in [1.29, 1.82) is 0 Å². The fraction of sp³-hybridized carbons (Fsp3) is 0.429. The summed E-state index contributed by atoms with van der Waals surface area (Å²) >= 11 is 1.45. The van der Waals surface area contributed by atoms with E-state index in [1.165, 1.54) is 31.0 Å². The molecule has 1 heterocycles. The number of nitrogens with two attached hydrogens (primary N) is 1. The molecule has 0 spiro atoms. The van der Waals surface area contributed by atoms with Gasteiger partial charge in [-0.05, 0) is 25.5 Å². The van der Waals surface area contributed by atoms with E-state index in [2.05, 4.69) is 5.32 Å². The summed E-state index contributed by atoms with van der Waals surface area (Å²) in [4.78, 5) is 25.5. The lowest BCUT2D eigenvalue weighted by molar-refractivity contribution is -0.139. The van der Waals surface area contributed by atoms with Crippen molar-refractivity contribution in [1.82, 2.24) is 5.32 Å². The van der Waals surface area contributed by atoms with Crippen molar-refractivity contribution >= 4 is 23.7 Å². The summed E-state index contributed by atoms with van der Waals surface area (Å²) in [5.74, 6) is -1.59. The van der Waals surface area contributed by atoms with Crippen molar-refractivity contribution in [2.45, 2.75) is 25.9 Å². The fourth-order valence-electron chi connectivity index (χ4n) is 3.33. The third kappa shape index (κ3) is 5.82. The predicted octanol–water partition coefficient (Wildman–Crippen LogP) is 3.35. The van der Waals surface area contributed by atoms with E-state index < -0.39 is 29.6 Å². The van der Waals surface area contributed by atoms with Gasteiger partial charge < -0.3 is 20.5 Å². The molecule has 1 aromatic rings. The van der Waals surface area contributed by atoms with Crippen molar-refractivity contribution in [2.75, 3.05) is 31.8 Å². The summed E-state index contributed by atoms with van der Waals surface area (Å²) in [7, 11) is 1.17. The summed E-state index contributed by atoms with van der Waals surface area (Å²) in [5, 5.41) is 3.05. The quantitative estimate of drug-likeness (QED) is 0.456. The van der Waals surface area contributed by atoms with E-state index in [-0.39, 0.29) is 23.3 Å². The highest BCUT2D eigenvalue weighted by atomic mass is 32.2. The second-order valence-corrected chi connectivity index (χ2v) is 7.77. The minimum atomic E-state index is -4.58. The topological polar surface area (TPSA) is 90.6 Å². The number of thioether (sulfide) groups is 1. The predicted molar refractivity (Wildman–Crippen MR) is 112 cm³/mol. The van der Waals surface area contributed by atoms with Gasteiger partial charge in [0, 0.05) is 29.4 Å². The van der Waals surface area contributed by atoms with Crippen LogP contribution in [0.15, 0.2) is 46.8 Å². The lowest BCUT2D eigenvalue weighted by Gasteiger charge is -2.31. The molecule has 0 saturated carbocycles. The number of halogens is 3. The molecule has 170 valence electrons. The molecular formula is C21H25F3N2O4S.